The fourth-order valence-electron chi connectivity index (χ4n) is 5.70. The van der Waals surface area contributed by atoms with Crippen LogP contribution in [0.1, 0.15) is 212 Å². The van der Waals surface area contributed by atoms with Gasteiger partial charge in [0.15, 0.2) is 0 Å². The van der Waals surface area contributed by atoms with Gasteiger partial charge >= 0.3 is 5.97 Å². The van der Waals surface area contributed by atoms with Crippen LogP contribution in [0, 0.1) is 0 Å². The Bertz CT molecular complexity index is 464. The molecule has 39 heavy (non-hydrogen) atoms. The first-order chi connectivity index (χ1) is 19.1. The summed E-state index contributed by atoms with van der Waals surface area (Å²) < 4.78 is 0. The van der Waals surface area contributed by atoms with Crippen molar-refractivity contribution in [3.63, 3.8) is 0 Å². The van der Waals surface area contributed by atoms with E-state index in [-0.39, 0.29) is 5.91 Å². The summed E-state index contributed by atoms with van der Waals surface area (Å²) in [5.74, 6) is -0.808. The Morgan fingerprint density at radius 3 is 0.615 bits per heavy atom. The van der Waals surface area contributed by atoms with E-state index in [1.54, 1.807) is 0 Å². The van der Waals surface area contributed by atoms with Crippen molar-refractivity contribution in [2.75, 3.05) is 0 Å². The lowest BCUT2D eigenvalue weighted by Crippen LogP contribution is -2.09. The Hall–Kier alpha value is -1.06. The first-order valence-corrected chi connectivity index (χ1v) is 17.6. The van der Waals surface area contributed by atoms with Crippen molar-refractivity contribution >= 4 is 11.9 Å². The van der Waals surface area contributed by atoms with Gasteiger partial charge in [0, 0.05) is 12.8 Å². The molecule has 0 atom stereocenters. The molecule has 0 saturated carbocycles. The number of amides is 1. The predicted molar refractivity (Wildman–Crippen MR) is 169 cm³/mol. The monoisotopic (exact) mass is 552 g/mol. The quantitative estimate of drug-likeness (QED) is 0.0780. The lowest BCUT2D eigenvalue weighted by molar-refractivity contribution is -0.137. The molecular formula is C35H69NO3. The maximum Gasteiger partial charge on any atom is 0.303 e. The largest absolute Gasteiger partial charge is 0.481 e. The molecule has 0 aliphatic carbocycles. The Morgan fingerprint density at radius 1 is 0.308 bits per heavy atom. The first-order valence-electron chi connectivity index (χ1n) is 17.6. The van der Waals surface area contributed by atoms with Crippen LogP contribution in [-0.4, -0.2) is 17.0 Å². The van der Waals surface area contributed by atoms with Gasteiger partial charge in [-0.05, 0) is 12.8 Å². The van der Waals surface area contributed by atoms with E-state index in [9.17, 15) is 9.59 Å². The normalized spacial score (nSPS) is 11.3. The number of nitrogens with two attached hydrogens (primary N) is 1. The molecular weight excluding hydrogens is 482 g/mol. The molecule has 0 saturated heterocycles. The highest BCUT2D eigenvalue weighted by Crippen LogP contribution is 2.17. The minimum atomic E-state index is -0.653. The van der Waals surface area contributed by atoms with Crippen LogP contribution in [0.2, 0.25) is 0 Å². The molecule has 0 bridgehead atoms. The van der Waals surface area contributed by atoms with Crippen LogP contribution in [0.3, 0.4) is 0 Å². The molecule has 0 aromatic heterocycles. The lowest BCUT2D eigenvalue weighted by atomic mass is 10.0. The second kappa shape index (κ2) is 33.1. The van der Waals surface area contributed by atoms with Crippen molar-refractivity contribution in [2.24, 2.45) is 5.73 Å². The topological polar surface area (TPSA) is 80.4 Å². The minimum Gasteiger partial charge on any atom is -0.481 e. The second-order valence-corrected chi connectivity index (χ2v) is 12.3. The summed E-state index contributed by atoms with van der Waals surface area (Å²) in [4.78, 5) is 21.2. The molecule has 4 heteroatoms. The summed E-state index contributed by atoms with van der Waals surface area (Å²) in [5.41, 5.74) is 5.17. The summed E-state index contributed by atoms with van der Waals surface area (Å²) >= 11 is 0. The third-order valence-electron chi connectivity index (χ3n) is 8.31. The zero-order valence-electron chi connectivity index (χ0n) is 26.2. The van der Waals surface area contributed by atoms with Crippen LogP contribution in [0.15, 0.2) is 0 Å². The smallest absolute Gasteiger partial charge is 0.303 e. The highest BCUT2D eigenvalue weighted by Gasteiger charge is 1.99. The highest BCUT2D eigenvalue weighted by atomic mass is 16.4. The molecule has 0 aliphatic heterocycles. The molecule has 0 radical (unpaired) electrons. The SMILES string of the molecule is NC(=O)CCCCCCCCCCCCCCCCCCCCCCCCCCCCCCCCCC(=O)O. The fraction of sp³-hybridized carbons (Fsp3) is 0.943. The highest BCUT2D eigenvalue weighted by molar-refractivity contribution is 5.73. The number of carboxylic acids is 1. The molecule has 232 valence electrons. The van der Waals surface area contributed by atoms with Gasteiger partial charge in [-0.1, -0.05) is 186 Å². The van der Waals surface area contributed by atoms with Crippen LogP contribution in [0.25, 0.3) is 0 Å². The molecule has 0 aliphatic rings. The van der Waals surface area contributed by atoms with E-state index >= 15 is 0 Å². The van der Waals surface area contributed by atoms with Gasteiger partial charge < -0.3 is 10.8 Å². The molecule has 4 nitrogen and oxygen atoms in total. The average Bonchev–Trinajstić information content (AvgIpc) is 2.91. The zero-order chi connectivity index (χ0) is 28.5. The number of carboxylic acid groups (broad SMARTS) is 1. The molecule has 0 unspecified atom stereocenters. The van der Waals surface area contributed by atoms with Crippen molar-refractivity contribution in [2.45, 2.75) is 212 Å². The van der Waals surface area contributed by atoms with Crippen LogP contribution in [-0.2, 0) is 9.59 Å². The van der Waals surface area contributed by atoms with Crippen molar-refractivity contribution in [3.05, 3.63) is 0 Å². The van der Waals surface area contributed by atoms with Crippen LogP contribution in [0.4, 0.5) is 0 Å². The standard InChI is InChI=1S/C35H69NO3/c36-34(37)32-30-28-26-24-22-20-18-16-14-12-10-8-6-4-2-1-3-5-7-9-11-13-15-17-19-21-23-25-27-29-31-33-35(38)39/h1-33H2,(H2,36,37)(H,38,39). The van der Waals surface area contributed by atoms with Gasteiger partial charge in [-0.25, -0.2) is 0 Å². The van der Waals surface area contributed by atoms with Crippen molar-refractivity contribution < 1.29 is 14.7 Å². The maximum atomic E-state index is 10.7. The number of aliphatic carboxylic acids is 1. The van der Waals surface area contributed by atoms with E-state index < -0.39 is 5.97 Å². The third-order valence-corrected chi connectivity index (χ3v) is 8.31. The van der Waals surface area contributed by atoms with E-state index in [0.29, 0.717) is 12.8 Å². The average molecular weight is 552 g/mol. The number of primary amides is 1. The number of carbonyl (C=O) groups excluding carboxylic acids is 1. The summed E-state index contributed by atoms with van der Waals surface area (Å²) in [6, 6.07) is 0. The Kier molecular flexibility index (Phi) is 32.2. The minimum absolute atomic E-state index is 0.155. The summed E-state index contributed by atoms with van der Waals surface area (Å²) in [6.07, 6.45) is 42.7. The number of hydrogen-bond donors (Lipinski definition) is 2. The number of rotatable bonds is 34. The van der Waals surface area contributed by atoms with Gasteiger partial charge in [0.2, 0.25) is 5.91 Å². The van der Waals surface area contributed by atoms with Crippen molar-refractivity contribution in [1.29, 1.82) is 0 Å². The molecule has 0 aromatic rings. The molecule has 3 N–H and O–H groups in total. The van der Waals surface area contributed by atoms with Gasteiger partial charge in [-0.3, -0.25) is 9.59 Å². The van der Waals surface area contributed by atoms with E-state index in [0.717, 1.165) is 25.7 Å². The Balaban J connectivity index is 3.04. The Morgan fingerprint density at radius 2 is 0.462 bits per heavy atom. The van der Waals surface area contributed by atoms with Gasteiger partial charge in [-0.15, -0.1) is 0 Å². The molecule has 0 fully saturated rings. The van der Waals surface area contributed by atoms with Gasteiger partial charge in [0.25, 0.3) is 0 Å². The fourth-order valence-corrected chi connectivity index (χ4v) is 5.70. The number of carbonyl (C=O) groups is 2. The van der Waals surface area contributed by atoms with E-state index in [1.165, 1.54) is 173 Å². The summed E-state index contributed by atoms with van der Waals surface area (Å²) in [7, 11) is 0. The van der Waals surface area contributed by atoms with Gasteiger partial charge in [-0.2, -0.15) is 0 Å². The molecule has 0 spiro atoms. The van der Waals surface area contributed by atoms with Crippen LogP contribution < -0.4 is 5.73 Å². The molecule has 0 heterocycles. The van der Waals surface area contributed by atoms with Crippen molar-refractivity contribution in [3.8, 4) is 0 Å². The second-order valence-electron chi connectivity index (χ2n) is 12.3. The van der Waals surface area contributed by atoms with Crippen LogP contribution >= 0.6 is 0 Å². The number of unbranched alkanes of at least 4 members (excludes halogenated alkanes) is 30. The number of hydrogen-bond acceptors (Lipinski definition) is 2. The van der Waals surface area contributed by atoms with E-state index in [2.05, 4.69) is 0 Å². The zero-order valence-corrected chi connectivity index (χ0v) is 26.2. The maximum absolute atomic E-state index is 10.7. The van der Waals surface area contributed by atoms with E-state index in [1.807, 2.05) is 0 Å². The van der Waals surface area contributed by atoms with Gasteiger partial charge in [0.05, 0.1) is 0 Å². The summed E-state index contributed by atoms with van der Waals surface area (Å²) in [5, 5.41) is 8.63. The van der Waals surface area contributed by atoms with Crippen molar-refractivity contribution in [1.82, 2.24) is 0 Å². The lowest BCUT2D eigenvalue weighted by Gasteiger charge is -2.05. The van der Waals surface area contributed by atoms with Gasteiger partial charge in [0.1, 0.15) is 0 Å². The predicted octanol–water partition coefficient (Wildman–Crippen LogP) is 11.4. The third kappa shape index (κ3) is 36.9. The van der Waals surface area contributed by atoms with E-state index in [4.69, 9.17) is 10.8 Å². The summed E-state index contributed by atoms with van der Waals surface area (Å²) in [6.45, 7) is 0. The molecule has 0 aromatic carbocycles. The van der Waals surface area contributed by atoms with Crippen LogP contribution in [0.5, 0.6) is 0 Å². The Labute approximate surface area is 244 Å². The molecule has 1 amide bonds. The molecule has 0 rings (SSSR count). The first kappa shape index (κ1) is 37.9.